The molecule has 0 bridgehead atoms. The molecule has 1 aromatic carbocycles. The van der Waals surface area contributed by atoms with Gasteiger partial charge in [0, 0.05) is 29.0 Å². The van der Waals surface area contributed by atoms with E-state index < -0.39 is 5.91 Å². The zero-order valence-electron chi connectivity index (χ0n) is 14.6. The van der Waals surface area contributed by atoms with Gasteiger partial charge in [-0.15, -0.1) is 0 Å². The van der Waals surface area contributed by atoms with Gasteiger partial charge in [-0.25, -0.2) is 10.4 Å². The minimum Gasteiger partial charge on any atom is -0.467 e. The van der Waals surface area contributed by atoms with Crippen molar-refractivity contribution in [3.05, 3.63) is 56.7 Å². The first-order valence-electron chi connectivity index (χ1n) is 7.74. The van der Waals surface area contributed by atoms with Gasteiger partial charge in [0.1, 0.15) is 11.6 Å². The molecule has 1 aromatic heterocycles. The monoisotopic (exact) mass is 406 g/mol. The molecule has 0 aliphatic heterocycles. The Bertz CT molecular complexity index is 910. The number of hydrogen-bond acceptors (Lipinski definition) is 6. The third-order valence-corrected chi connectivity index (χ3v) is 3.87. The molecule has 1 amide bonds. The first kappa shape index (κ1) is 20.6. The second-order valence-corrected chi connectivity index (χ2v) is 6.24. The molecule has 2 aromatic rings. The number of amides is 1. The van der Waals surface area contributed by atoms with Crippen molar-refractivity contribution in [1.82, 2.24) is 10.4 Å². The normalized spacial score (nSPS) is 10.6. The van der Waals surface area contributed by atoms with Crippen LogP contribution in [-0.2, 0) is 16.1 Å². The summed E-state index contributed by atoms with van der Waals surface area (Å²) in [5, 5.41) is 14.0. The van der Waals surface area contributed by atoms with Gasteiger partial charge < -0.3 is 9.47 Å². The molecule has 27 heavy (non-hydrogen) atoms. The Morgan fingerprint density at radius 2 is 2.19 bits per heavy atom. The number of benzene rings is 1. The molecule has 1 heterocycles. The molecule has 1 N–H and O–H groups in total. The van der Waals surface area contributed by atoms with E-state index in [2.05, 4.69) is 15.5 Å². The van der Waals surface area contributed by atoms with Gasteiger partial charge in [-0.2, -0.15) is 10.4 Å². The summed E-state index contributed by atoms with van der Waals surface area (Å²) >= 11 is 11.8. The van der Waals surface area contributed by atoms with E-state index in [0.29, 0.717) is 26.9 Å². The standard InChI is InChI=1S/C18H16Cl2N4O3/c1-11-5-13(9-26-2)15(7-21)18(23-11)27-10-17(25)24-22-8-12-3-4-14(19)6-16(12)20/h3-6,8H,9-10H2,1-2H3,(H,24,25)/b22-8+. The third kappa shape index (κ3) is 5.93. The van der Waals surface area contributed by atoms with E-state index in [0.717, 1.165) is 0 Å². The molecule has 0 saturated carbocycles. The lowest BCUT2D eigenvalue weighted by Crippen LogP contribution is -2.25. The first-order valence-corrected chi connectivity index (χ1v) is 8.49. The number of hydrogen-bond donors (Lipinski definition) is 1. The second-order valence-electron chi connectivity index (χ2n) is 5.40. The van der Waals surface area contributed by atoms with Crippen LogP contribution >= 0.6 is 23.2 Å². The fraction of sp³-hybridized carbons (Fsp3) is 0.222. The Kier molecular flexibility index (Phi) is 7.55. The average molecular weight is 407 g/mol. The van der Waals surface area contributed by atoms with E-state index >= 15 is 0 Å². The Balaban J connectivity index is 1.99. The van der Waals surface area contributed by atoms with Gasteiger partial charge in [0.15, 0.2) is 6.61 Å². The summed E-state index contributed by atoms with van der Waals surface area (Å²) in [6.07, 6.45) is 1.39. The number of aryl methyl sites for hydroxylation is 1. The number of carbonyl (C=O) groups excluding carboxylic acids is 1. The molecule has 0 spiro atoms. The van der Waals surface area contributed by atoms with Crippen molar-refractivity contribution in [2.45, 2.75) is 13.5 Å². The van der Waals surface area contributed by atoms with E-state index in [1.807, 2.05) is 6.07 Å². The molecule has 0 atom stereocenters. The number of carbonyl (C=O) groups is 1. The van der Waals surface area contributed by atoms with Crippen LogP contribution in [0.5, 0.6) is 5.88 Å². The van der Waals surface area contributed by atoms with Crippen LogP contribution in [0.2, 0.25) is 10.0 Å². The van der Waals surface area contributed by atoms with Crippen molar-refractivity contribution in [1.29, 1.82) is 5.26 Å². The van der Waals surface area contributed by atoms with Crippen molar-refractivity contribution in [2.75, 3.05) is 13.7 Å². The minimum absolute atomic E-state index is 0.0735. The van der Waals surface area contributed by atoms with Crippen molar-refractivity contribution in [2.24, 2.45) is 5.10 Å². The highest BCUT2D eigenvalue weighted by Crippen LogP contribution is 2.21. The zero-order valence-corrected chi connectivity index (χ0v) is 16.1. The van der Waals surface area contributed by atoms with Crippen LogP contribution in [-0.4, -0.2) is 30.8 Å². The molecule has 0 aliphatic carbocycles. The maximum absolute atomic E-state index is 11.9. The number of nitriles is 1. The number of nitrogens with zero attached hydrogens (tertiary/aromatic N) is 3. The van der Waals surface area contributed by atoms with E-state index in [4.69, 9.17) is 32.7 Å². The van der Waals surface area contributed by atoms with E-state index in [-0.39, 0.29) is 24.7 Å². The molecule has 0 radical (unpaired) electrons. The smallest absolute Gasteiger partial charge is 0.278 e. The molecule has 7 nitrogen and oxygen atoms in total. The van der Waals surface area contributed by atoms with Crippen molar-refractivity contribution >= 4 is 35.3 Å². The number of rotatable bonds is 7. The van der Waals surface area contributed by atoms with Crippen LogP contribution < -0.4 is 10.2 Å². The predicted octanol–water partition coefficient (Wildman–Crippen LogP) is 3.24. The van der Waals surface area contributed by atoms with Gasteiger partial charge in [-0.1, -0.05) is 29.3 Å². The van der Waals surface area contributed by atoms with Crippen LogP contribution in [0.1, 0.15) is 22.4 Å². The van der Waals surface area contributed by atoms with Gasteiger partial charge in [0.25, 0.3) is 5.91 Å². The van der Waals surface area contributed by atoms with Crippen LogP contribution in [0.3, 0.4) is 0 Å². The molecular weight excluding hydrogens is 391 g/mol. The molecule has 2 rings (SSSR count). The van der Waals surface area contributed by atoms with E-state index in [1.165, 1.54) is 13.3 Å². The summed E-state index contributed by atoms with van der Waals surface area (Å²) in [6.45, 7) is 1.64. The lowest BCUT2D eigenvalue weighted by molar-refractivity contribution is -0.123. The summed E-state index contributed by atoms with van der Waals surface area (Å²) in [6, 6.07) is 8.65. The van der Waals surface area contributed by atoms with Crippen molar-refractivity contribution < 1.29 is 14.3 Å². The van der Waals surface area contributed by atoms with E-state index in [9.17, 15) is 10.1 Å². The number of aromatic nitrogens is 1. The van der Waals surface area contributed by atoms with Gasteiger partial charge in [-0.05, 0) is 25.1 Å². The maximum atomic E-state index is 11.9. The molecule has 0 saturated heterocycles. The molecular formula is C18H16Cl2N4O3. The lowest BCUT2D eigenvalue weighted by atomic mass is 10.1. The van der Waals surface area contributed by atoms with Gasteiger partial charge in [-0.3, -0.25) is 4.79 Å². The number of pyridine rings is 1. The average Bonchev–Trinajstić information content (AvgIpc) is 2.62. The fourth-order valence-electron chi connectivity index (χ4n) is 2.15. The minimum atomic E-state index is -0.517. The van der Waals surface area contributed by atoms with Crippen LogP contribution in [0, 0.1) is 18.3 Å². The third-order valence-electron chi connectivity index (χ3n) is 3.30. The lowest BCUT2D eigenvalue weighted by Gasteiger charge is -2.10. The maximum Gasteiger partial charge on any atom is 0.278 e. The molecule has 0 aliphatic rings. The highest BCUT2D eigenvalue weighted by atomic mass is 35.5. The number of nitrogens with one attached hydrogen (secondary N) is 1. The number of halogens is 2. The largest absolute Gasteiger partial charge is 0.467 e. The zero-order chi connectivity index (χ0) is 19.8. The van der Waals surface area contributed by atoms with Crippen molar-refractivity contribution in [3.63, 3.8) is 0 Å². The molecule has 0 fully saturated rings. The van der Waals surface area contributed by atoms with E-state index in [1.54, 1.807) is 31.2 Å². The second kappa shape index (κ2) is 9.88. The number of hydrazone groups is 1. The summed E-state index contributed by atoms with van der Waals surface area (Å²) in [5.41, 5.74) is 4.42. The predicted molar refractivity (Wildman–Crippen MR) is 102 cm³/mol. The summed E-state index contributed by atoms with van der Waals surface area (Å²) in [7, 11) is 1.52. The topological polar surface area (TPSA) is 96.6 Å². The summed E-state index contributed by atoms with van der Waals surface area (Å²) < 4.78 is 10.4. The Morgan fingerprint density at radius 1 is 1.41 bits per heavy atom. The number of ether oxygens (including phenoxy) is 2. The summed E-state index contributed by atoms with van der Waals surface area (Å²) in [5.74, 6) is -0.443. The van der Waals surface area contributed by atoms with Gasteiger partial charge >= 0.3 is 0 Å². The van der Waals surface area contributed by atoms with Crippen LogP contribution in [0.25, 0.3) is 0 Å². The van der Waals surface area contributed by atoms with Gasteiger partial charge in [0.2, 0.25) is 5.88 Å². The molecule has 0 unspecified atom stereocenters. The fourth-order valence-corrected chi connectivity index (χ4v) is 2.61. The Morgan fingerprint density at radius 3 is 2.85 bits per heavy atom. The first-order chi connectivity index (χ1) is 12.9. The number of methoxy groups -OCH3 is 1. The molecule has 9 heteroatoms. The van der Waals surface area contributed by atoms with Gasteiger partial charge in [0.05, 0.1) is 17.8 Å². The Hall–Kier alpha value is -2.66. The summed E-state index contributed by atoms with van der Waals surface area (Å²) in [4.78, 5) is 16.1. The van der Waals surface area contributed by atoms with Crippen molar-refractivity contribution in [3.8, 4) is 11.9 Å². The molecule has 140 valence electrons. The highest BCUT2D eigenvalue weighted by Gasteiger charge is 2.14. The Labute approximate surface area is 166 Å². The van der Waals surface area contributed by atoms with Crippen LogP contribution in [0.4, 0.5) is 0 Å². The SMILES string of the molecule is COCc1cc(C)nc(OCC(=O)N/N=C/c2ccc(Cl)cc2Cl)c1C#N. The quantitative estimate of drug-likeness (QED) is 0.562. The van der Waals surface area contributed by atoms with Crippen LogP contribution in [0.15, 0.2) is 29.4 Å². The highest BCUT2D eigenvalue weighted by molar-refractivity contribution is 6.36.